The largest absolute Gasteiger partial charge is 0.468 e. The molecule has 0 unspecified atom stereocenters. The van der Waals surface area contributed by atoms with Crippen molar-refractivity contribution in [2.75, 3.05) is 27.5 Å². The Bertz CT molecular complexity index is 894. The Balaban J connectivity index is 0.000000352. The fourth-order valence-electron chi connectivity index (χ4n) is 4.13. The Labute approximate surface area is 225 Å². The van der Waals surface area contributed by atoms with E-state index in [1.165, 1.54) is 31.2 Å². The lowest BCUT2D eigenvalue weighted by Gasteiger charge is -2.26. The number of rotatable bonds is 12. The zero-order chi connectivity index (χ0) is 28.1. The van der Waals surface area contributed by atoms with Gasteiger partial charge in [0.2, 0.25) is 0 Å². The van der Waals surface area contributed by atoms with Crippen LogP contribution in [0.2, 0.25) is 0 Å². The summed E-state index contributed by atoms with van der Waals surface area (Å²) in [6.45, 7) is 7.10. The van der Waals surface area contributed by atoms with Crippen molar-refractivity contribution in [3.8, 4) is 5.75 Å². The summed E-state index contributed by atoms with van der Waals surface area (Å²) in [5, 5.41) is 15.4. The molecule has 3 N–H and O–H groups in total. The minimum atomic E-state index is -0.818. The van der Waals surface area contributed by atoms with E-state index in [0.717, 1.165) is 24.8 Å². The van der Waals surface area contributed by atoms with Crippen LogP contribution in [-0.4, -0.2) is 79.7 Å². The highest BCUT2D eigenvalue weighted by Crippen LogP contribution is 2.30. The molecule has 1 saturated carbocycles. The summed E-state index contributed by atoms with van der Waals surface area (Å²) >= 11 is 0. The van der Waals surface area contributed by atoms with Crippen LogP contribution in [0.1, 0.15) is 46.0 Å². The second-order valence-electron chi connectivity index (χ2n) is 9.78. The number of benzene rings is 1. The molecule has 0 spiro atoms. The summed E-state index contributed by atoms with van der Waals surface area (Å²) in [5.74, 6) is 0.941. The summed E-state index contributed by atoms with van der Waals surface area (Å²) in [6, 6.07) is 8.61. The number of ketones is 1. The Morgan fingerprint density at radius 1 is 1.26 bits per heavy atom. The van der Waals surface area contributed by atoms with Gasteiger partial charge >= 0.3 is 6.03 Å². The van der Waals surface area contributed by atoms with Crippen molar-refractivity contribution in [3.05, 3.63) is 43.0 Å². The first kappa shape index (κ1) is 31.4. The first-order chi connectivity index (χ1) is 18.2. The van der Waals surface area contributed by atoms with Crippen molar-refractivity contribution in [2.24, 2.45) is 11.8 Å². The number of nitrogens with one attached hydrogen (secondary N) is 2. The second-order valence-corrected chi connectivity index (χ2v) is 9.78. The molecule has 10 nitrogen and oxygen atoms in total. The Kier molecular flexibility index (Phi) is 13.4. The molecule has 1 aliphatic carbocycles. The summed E-state index contributed by atoms with van der Waals surface area (Å²) in [4.78, 5) is 35.8. The summed E-state index contributed by atoms with van der Waals surface area (Å²) in [5.41, 5.74) is 0. The van der Waals surface area contributed by atoms with E-state index in [1.54, 1.807) is 19.1 Å². The molecule has 1 aliphatic heterocycles. The third-order valence-electron chi connectivity index (χ3n) is 7.08. The first-order valence-corrected chi connectivity index (χ1v) is 13.2. The van der Waals surface area contributed by atoms with E-state index in [2.05, 4.69) is 17.2 Å². The minimum Gasteiger partial charge on any atom is -0.468 e. The van der Waals surface area contributed by atoms with Crippen LogP contribution < -0.4 is 15.4 Å². The van der Waals surface area contributed by atoms with Crippen LogP contribution in [0.25, 0.3) is 0 Å². The zero-order valence-electron chi connectivity index (χ0n) is 22.9. The SMILES string of the molecule is C=CC(=O)NC(=O)N(C)[C@@H]1O[C@H](COCOc2ccccc2)[C@@H](O)[C@H]1C.CN[C@@H](C)C(=O)CCC1CCC1. The Hall–Kier alpha value is -2.79. The van der Waals surface area contributed by atoms with Gasteiger partial charge < -0.3 is 29.5 Å². The molecule has 38 heavy (non-hydrogen) atoms. The molecule has 1 aromatic rings. The van der Waals surface area contributed by atoms with E-state index in [-0.39, 0.29) is 25.4 Å². The molecule has 0 aromatic heterocycles. The molecule has 1 saturated heterocycles. The lowest BCUT2D eigenvalue weighted by atomic mass is 9.81. The molecular weight excluding hydrogens is 490 g/mol. The molecule has 10 heteroatoms. The molecule has 1 heterocycles. The van der Waals surface area contributed by atoms with E-state index in [0.29, 0.717) is 11.5 Å². The third kappa shape index (κ3) is 9.83. The summed E-state index contributed by atoms with van der Waals surface area (Å²) in [7, 11) is 3.33. The number of carbonyl (C=O) groups excluding carboxylic acids is 3. The number of imide groups is 1. The number of Topliss-reactive ketones (excluding diaryl/α,β-unsaturated/α-hetero) is 1. The van der Waals surface area contributed by atoms with Crippen LogP contribution in [0.5, 0.6) is 5.75 Å². The van der Waals surface area contributed by atoms with Crippen LogP contribution in [-0.2, 0) is 19.1 Å². The van der Waals surface area contributed by atoms with Gasteiger partial charge in [0, 0.05) is 19.4 Å². The molecule has 0 bridgehead atoms. The highest BCUT2D eigenvalue weighted by atomic mass is 16.7. The molecule has 2 aliphatic rings. The predicted octanol–water partition coefficient (Wildman–Crippen LogP) is 2.86. The van der Waals surface area contributed by atoms with Crippen molar-refractivity contribution in [3.63, 3.8) is 0 Å². The summed E-state index contributed by atoms with van der Waals surface area (Å²) < 4.78 is 16.6. The van der Waals surface area contributed by atoms with Gasteiger partial charge in [-0.05, 0) is 44.5 Å². The molecule has 3 rings (SSSR count). The molecule has 5 atom stereocenters. The van der Waals surface area contributed by atoms with Gasteiger partial charge in [0.15, 0.2) is 6.79 Å². The van der Waals surface area contributed by atoms with Gasteiger partial charge in [-0.1, -0.05) is 51.0 Å². The number of ether oxygens (including phenoxy) is 3. The van der Waals surface area contributed by atoms with Crippen LogP contribution in [0.15, 0.2) is 43.0 Å². The van der Waals surface area contributed by atoms with Gasteiger partial charge in [-0.2, -0.15) is 0 Å². The number of hydrogen-bond acceptors (Lipinski definition) is 8. The van der Waals surface area contributed by atoms with E-state index < -0.39 is 30.4 Å². The number of urea groups is 1. The van der Waals surface area contributed by atoms with E-state index in [1.807, 2.05) is 32.2 Å². The fraction of sp³-hybridized carbons (Fsp3) is 0.607. The number of para-hydroxylation sites is 1. The number of amides is 3. The maximum atomic E-state index is 12.0. The van der Waals surface area contributed by atoms with Gasteiger partial charge in [0.25, 0.3) is 5.91 Å². The van der Waals surface area contributed by atoms with Gasteiger partial charge in [-0.3, -0.25) is 14.9 Å². The lowest BCUT2D eigenvalue weighted by Crippen LogP contribution is -2.47. The lowest BCUT2D eigenvalue weighted by molar-refractivity contribution is -0.121. The molecular formula is C28H43N3O7. The van der Waals surface area contributed by atoms with Crippen molar-refractivity contribution in [2.45, 2.75) is 70.4 Å². The van der Waals surface area contributed by atoms with Gasteiger partial charge in [-0.25, -0.2) is 4.79 Å². The van der Waals surface area contributed by atoms with Crippen molar-refractivity contribution >= 4 is 17.7 Å². The predicted molar refractivity (Wildman–Crippen MR) is 143 cm³/mol. The molecule has 2 fully saturated rings. The maximum Gasteiger partial charge on any atom is 0.326 e. The number of nitrogens with zero attached hydrogens (tertiary/aromatic N) is 1. The third-order valence-corrected chi connectivity index (χ3v) is 7.08. The quantitative estimate of drug-likeness (QED) is 0.213. The van der Waals surface area contributed by atoms with Crippen molar-refractivity contribution < 1.29 is 33.7 Å². The Morgan fingerprint density at radius 3 is 2.53 bits per heavy atom. The molecule has 212 valence electrons. The Morgan fingerprint density at radius 2 is 1.95 bits per heavy atom. The molecule has 3 amide bonds. The van der Waals surface area contributed by atoms with Crippen molar-refractivity contribution in [1.82, 2.24) is 15.5 Å². The minimum absolute atomic E-state index is 0.0137. The van der Waals surface area contributed by atoms with Gasteiger partial charge in [0.05, 0.1) is 18.8 Å². The van der Waals surface area contributed by atoms with E-state index in [4.69, 9.17) is 14.2 Å². The maximum absolute atomic E-state index is 12.0. The van der Waals surface area contributed by atoms with E-state index >= 15 is 0 Å². The smallest absolute Gasteiger partial charge is 0.326 e. The highest BCUT2D eigenvalue weighted by Gasteiger charge is 2.44. The van der Waals surface area contributed by atoms with E-state index in [9.17, 15) is 19.5 Å². The highest BCUT2D eigenvalue weighted by molar-refractivity contribution is 5.99. The van der Waals surface area contributed by atoms with Crippen LogP contribution >= 0.6 is 0 Å². The number of hydrogen-bond donors (Lipinski definition) is 3. The van der Waals surface area contributed by atoms with Crippen LogP contribution in [0.3, 0.4) is 0 Å². The monoisotopic (exact) mass is 533 g/mol. The molecule has 1 aromatic carbocycles. The number of likely N-dealkylation sites (N-methyl/N-ethyl adjacent to an activating group) is 1. The summed E-state index contributed by atoms with van der Waals surface area (Å²) in [6.07, 6.45) is 4.84. The average Bonchev–Trinajstić information content (AvgIpc) is 3.18. The van der Waals surface area contributed by atoms with Gasteiger partial charge in [0.1, 0.15) is 23.9 Å². The molecule has 0 radical (unpaired) electrons. The van der Waals surface area contributed by atoms with Crippen LogP contribution in [0.4, 0.5) is 4.79 Å². The normalized spacial score (nSPS) is 23.3. The topological polar surface area (TPSA) is 126 Å². The second kappa shape index (κ2) is 16.2. The van der Waals surface area contributed by atoms with Crippen molar-refractivity contribution in [1.29, 1.82) is 0 Å². The average molecular weight is 534 g/mol. The standard InChI is InChI=1S/C18H24N2O6.C10H19NO/c1-4-15(21)19-18(23)20(3)17-12(2)16(22)14(26-17)10-24-11-25-13-8-6-5-7-9-13;1-8(11-2)10(12)7-6-9-4-3-5-9/h4-9,12,14,16-17,22H,1,10-11H2,2-3H3,(H,19,21,23);8-9,11H,3-7H2,1-2H3/t12-,14-,16+,17-;8-/m10/s1. The van der Waals surface area contributed by atoms with Gasteiger partial charge in [-0.15, -0.1) is 0 Å². The first-order valence-electron chi connectivity index (χ1n) is 13.2. The number of carbonyl (C=O) groups is 3. The zero-order valence-corrected chi connectivity index (χ0v) is 22.9. The fourth-order valence-corrected chi connectivity index (χ4v) is 4.13. The number of aliphatic hydroxyl groups is 1. The van der Waals surface area contributed by atoms with Crippen LogP contribution in [0, 0.1) is 11.8 Å². The number of aliphatic hydroxyl groups excluding tert-OH is 1.